The Kier molecular flexibility index (Phi) is 4.60. The summed E-state index contributed by atoms with van der Waals surface area (Å²) in [5, 5.41) is 11.1. The van der Waals surface area contributed by atoms with E-state index in [0.29, 0.717) is 10.9 Å². The van der Waals surface area contributed by atoms with E-state index in [9.17, 15) is 4.79 Å². The van der Waals surface area contributed by atoms with E-state index in [1.165, 1.54) is 37.0 Å². The van der Waals surface area contributed by atoms with Crippen molar-refractivity contribution in [2.45, 2.75) is 61.5 Å². The summed E-state index contributed by atoms with van der Waals surface area (Å²) in [5.74, 6) is -0.0890. The average molecular weight is 341 g/mol. The summed E-state index contributed by atoms with van der Waals surface area (Å²) in [6.07, 6.45) is 9.48. The van der Waals surface area contributed by atoms with E-state index in [1.807, 2.05) is 30.0 Å². The number of carbonyl (C=O) groups is 1. The molecule has 24 heavy (non-hydrogen) atoms. The molecule has 0 aliphatic heterocycles. The molecule has 1 amide bonds. The van der Waals surface area contributed by atoms with Crippen molar-refractivity contribution in [1.82, 2.24) is 10.2 Å². The van der Waals surface area contributed by atoms with Crippen molar-refractivity contribution in [1.29, 1.82) is 0 Å². The first kappa shape index (κ1) is 15.8. The van der Waals surface area contributed by atoms with E-state index in [2.05, 4.69) is 21.6 Å². The fourth-order valence-electron chi connectivity index (χ4n) is 3.71. The van der Waals surface area contributed by atoms with Crippen LogP contribution in [-0.2, 0) is 12.8 Å². The van der Waals surface area contributed by atoms with Crippen LogP contribution in [0.5, 0.6) is 0 Å². The molecule has 0 unspecified atom stereocenters. The number of hydrogen-bond acceptors (Lipinski definition) is 3. The summed E-state index contributed by atoms with van der Waals surface area (Å²) >= 11 is 1.90. The Labute approximate surface area is 146 Å². The molecule has 0 saturated heterocycles. The lowest BCUT2D eigenvalue weighted by Crippen LogP contribution is -2.16. The number of aromatic nitrogens is 2. The fraction of sp³-hybridized carbons (Fsp3) is 0.474. The van der Waals surface area contributed by atoms with Gasteiger partial charge >= 0.3 is 0 Å². The van der Waals surface area contributed by atoms with E-state index < -0.39 is 0 Å². The molecule has 0 spiro atoms. The van der Waals surface area contributed by atoms with E-state index in [0.717, 1.165) is 36.2 Å². The Morgan fingerprint density at radius 1 is 1.12 bits per heavy atom. The second kappa shape index (κ2) is 7.01. The minimum Gasteiger partial charge on any atom is -0.320 e. The molecule has 2 aliphatic carbocycles. The third-order valence-corrected chi connectivity index (χ3v) is 6.42. The lowest BCUT2D eigenvalue weighted by molar-refractivity contribution is 0.102. The predicted octanol–water partition coefficient (Wildman–Crippen LogP) is 4.58. The summed E-state index contributed by atoms with van der Waals surface area (Å²) in [6.45, 7) is 0. The van der Waals surface area contributed by atoms with Crippen LogP contribution in [-0.4, -0.2) is 21.4 Å². The predicted molar refractivity (Wildman–Crippen MR) is 97.7 cm³/mol. The Morgan fingerprint density at radius 2 is 1.92 bits per heavy atom. The molecule has 2 N–H and O–H groups in total. The largest absolute Gasteiger partial charge is 0.320 e. The monoisotopic (exact) mass is 341 g/mol. The second-order valence-electron chi connectivity index (χ2n) is 6.71. The number of anilines is 1. The third-order valence-electron chi connectivity index (χ3n) is 5.00. The van der Waals surface area contributed by atoms with Crippen LogP contribution in [0.15, 0.2) is 29.2 Å². The van der Waals surface area contributed by atoms with Gasteiger partial charge in [-0.1, -0.05) is 25.0 Å². The van der Waals surface area contributed by atoms with Crippen molar-refractivity contribution < 1.29 is 4.79 Å². The zero-order valence-electron chi connectivity index (χ0n) is 13.8. The number of thioether (sulfide) groups is 1. The van der Waals surface area contributed by atoms with E-state index in [4.69, 9.17) is 0 Å². The van der Waals surface area contributed by atoms with Crippen molar-refractivity contribution >= 4 is 23.4 Å². The normalized spacial score (nSPS) is 17.7. The van der Waals surface area contributed by atoms with Gasteiger partial charge in [-0.15, -0.1) is 11.8 Å². The molecular weight excluding hydrogens is 318 g/mol. The van der Waals surface area contributed by atoms with Crippen LogP contribution < -0.4 is 5.32 Å². The molecule has 0 atom stereocenters. The number of nitrogens with one attached hydrogen (secondary N) is 2. The Bertz CT molecular complexity index is 734. The topological polar surface area (TPSA) is 57.8 Å². The number of rotatable bonds is 4. The van der Waals surface area contributed by atoms with Crippen molar-refractivity contribution in [2.24, 2.45) is 0 Å². The Morgan fingerprint density at radius 3 is 2.79 bits per heavy atom. The van der Waals surface area contributed by atoms with Crippen LogP contribution >= 0.6 is 11.8 Å². The molecule has 4 rings (SSSR count). The number of aromatic amines is 1. The lowest BCUT2D eigenvalue weighted by Gasteiger charge is -2.14. The number of aryl methyl sites for hydroxylation is 1. The Balaban J connectivity index is 1.52. The van der Waals surface area contributed by atoms with Gasteiger partial charge in [0.2, 0.25) is 0 Å². The van der Waals surface area contributed by atoms with Crippen molar-refractivity contribution in [3.05, 3.63) is 41.2 Å². The van der Waals surface area contributed by atoms with Gasteiger partial charge in [0, 0.05) is 21.4 Å². The molecule has 1 aromatic heterocycles. The molecule has 2 aliphatic rings. The minimum absolute atomic E-state index is 0.0890. The van der Waals surface area contributed by atoms with Crippen molar-refractivity contribution in [2.75, 3.05) is 5.32 Å². The van der Waals surface area contributed by atoms with Crippen LogP contribution in [0.2, 0.25) is 0 Å². The summed E-state index contributed by atoms with van der Waals surface area (Å²) in [6, 6.07) is 8.13. The van der Waals surface area contributed by atoms with Crippen LogP contribution in [0.4, 0.5) is 5.69 Å². The highest BCUT2D eigenvalue weighted by Gasteiger charge is 2.23. The zero-order valence-corrected chi connectivity index (χ0v) is 14.6. The van der Waals surface area contributed by atoms with Gasteiger partial charge in [0.1, 0.15) is 0 Å². The maximum atomic E-state index is 12.7. The lowest BCUT2D eigenvalue weighted by atomic mass is 9.96. The molecule has 4 nitrogen and oxygen atoms in total. The number of fused-ring (bicyclic) bond motifs is 1. The Hall–Kier alpha value is -1.75. The van der Waals surface area contributed by atoms with Gasteiger partial charge in [-0.3, -0.25) is 9.89 Å². The molecule has 1 heterocycles. The standard InChI is InChI=1S/C19H23N3OS/c23-19(18-14-9-3-4-10-15(14)21-22-18)20-16-11-5-6-12-17(16)24-13-7-1-2-8-13/h5-6,11-13H,1-4,7-10H2,(H,20,23)(H,21,22). The summed E-state index contributed by atoms with van der Waals surface area (Å²) in [5.41, 5.74) is 3.73. The molecule has 126 valence electrons. The fourth-order valence-corrected chi connectivity index (χ4v) is 5.04. The van der Waals surface area contributed by atoms with Gasteiger partial charge in [0.15, 0.2) is 5.69 Å². The number of nitrogens with zero attached hydrogens (tertiary/aromatic N) is 1. The van der Waals surface area contributed by atoms with E-state index >= 15 is 0 Å². The van der Waals surface area contributed by atoms with E-state index in [-0.39, 0.29) is 5.91 Å². The van der Waals surface area contributed by atoms with Gasteiger partial charge in [-0.25, -0.2) is 0 Å². The van der Waals surface area contributed by atoms with Crippen LogP contribution in [0, 0.1) is 0 Å². The van der Waals surface area contributed by atoms with Crippen LogP contribution in [0.3, 0.4) is 0 Å². The van der Waals surface area contributed by atoms with Gasteiger partial charge in [0.05, 0.1) is 5.69 Å². The maximum absolute atomic E-state index is 12.7. The third kappa shape index (κ3) is 3.22. The van der Waals surface area contributed by atoms with E-state index in [1.54, 1.807) is 0 Å². The molecular formula is C19H23N3OS. The minimum atomic E-state index is -0.0890. The molecule has 1 saturated carbocycles. The first-order valence-electron chi connectivity index (χ1n) is 8.94. The van der Waals surface area contributed by atoms with Crippen LogP contribution in [0.25, 0.3) is 0 Å². The number of hydrogen-bond donors (Lipinski definition) is 2. The average Bonchev–Trinajstić information content (AvgIpc) is 3.26. The number of para-hydroxylation sites is 1. The summed E-state index contributed by atoms with van der Waals surface area (Å²) in [7, 11) is 0. The highest BCUT2D eigenvalue weighted by atomic mass is 32.2. The highest BCUT2D eigenvalue weighted by Crippen LogP contribution is 2.38. The van der Waals surface area contributed by atoms with Gasteiger partial charge in [-0.05, 0) is 50.7 Å². The van der Waals surface area contributed by atoms with Crippen LogP contribution in [0.1, 0.15) is 60.3 Å². The summed E-state index contributed by atoms with van der Waals surface area (Å²) < 4.78 is 0. The number of H-pyrrole nitrogens is 1. The number of amides is 1. The van der Waals surface area contributed by atoms with Gasteiger partial charge in [0.25, 0.3) is 5.91 Å². The smallest absolute Gasteiger partial charge is 0.276 e. The molecule has 0 radical (unpaired) electrons. The molecule has 2 aromatic rings. The second-order valence-corrected chi connectivity index (χ2v) is 8.05. The van der Waals surface area contributed by atoms with Crippen molar-refractivity contribution in [3.8, 4) is 0 Å². The first-order valence-corrected chi connectivity index (χ1v) is 9.82. The highest BCUT2D eigenvalue weighted by molar-refractivity contribution is 8.00. The van der Waals surface area contributed by atoms with Gasteiger partial charge in [-0.2, -0.15) is 5.10 Å². The molecule has 1 fully saturated rings. The first-order chi connectivity index (χ1) is 11.8. The molecule has 0 bridgehead atoms. The SMILES string of the molecule is O=C(Nc1ccccc1SC1CCCC1)c1n[nH]c2c1CCCC2. The number of carbonyl (C=O) groups excluding carboxylic acids is 1. The van der Waals surface area contributed by atoms with Gasteiger partial charge < -0.3 is 5.32 Å². The zero-order chi connectivity index (χ0) is 16.4. The maximum Gasteiger partial charge on any atom is 0.276 e. The number of benzene rings is 1. The quantitative estimate of drug-likeness (QED) is 0.856. The summed E-state index contributed by atoms with van der Waals surface area (Å²) in [4.78, 5) is 13.9. The molecule has 1 aromatic carbocycles. The van der Waals surface area contributed by atoms with Crippen molar-refractivity contribution in [3.63, 3.8) is 0 Å². The molecule has 5 heteroatoms.